The molecule has 1 fully saturated rings. The van der Waals surface area contributed by atoms with Crippen molar-refractivity contribution >= 4 is 0 Å². The van der Waals surface area contributed by atoms with E-state index in [1.165, 1.54) is 11.3 Å². The molecule has 2 heterocycles. The molecule has 1 aliphatic rings. The maximum atomic E-state index is 4.55. The summed E-state index contributed by atoms with van der Waals surface area (Å²) in [6.45, 7) is 12.0. The van der Waals surface area contributed by atoms with Gasteiger partial charge in [0, 0.05) is 50.5 Å². The SMILES string of the molecule is Cc1nn(C(C)C)cc1CN1CCNCC1. The average Bonchev–Trinajstić information content (AvgIpc) is 2.62. The van der Waals surface area contributed by atoms with Crippen molar-refractivity contribution in [2.24, 2.45) is 0 Å². The van der Waals surface area contributed by atoms with Crippen molar-refractivity contribution < 1.29 is 0 Å². The van der Waals surface area contributed by atoms with E-state index in [9.17, 15) is 0 Å². The Hall–Kier alpha value is -0.870. The van der Waals surface area contributed by atoms with Crippen LogP contribution in [0.3, 0.4) is 0 Å². The second-order valence-corrected chi connectivity index (χ2v) is 4.84. The Morgan fingerprint density at radius 1 is 1.38 bits per heavy atom. The molecule has 1 saturated heterocycles. The van der Waals surface area contributed by atoms with E-state index in [1.54, 1.807) is 0 Å². The van der Waals surface area contributed by atoms with Crippen LogP contribution >= 0.6 is 0 Å². The molecule has 2 rings (SSSR count). The summed E-state index contributed by atoms with van der Waals surface area (Å²) in [5.41, 5.74) is 2.54. The first kappa shape index (κ1) is 11.6. The Morgan fingerprint density at radius 3 is 2.62 bits per heavy atom. The topological polar surface area (TPSA) is 33.1 Å². The number of aryl methyl sites for hydroxylation is 1. The standard InChI is InChI=1S/C12H22N4/c1-10(2)16-9-12(11(3)14-16)8-15-6-4-13-5-7-15/h9-10,13H,4-8H2,1-3H3. The molecule has 1 aromatic rings. The zero-order valence-electron chi connectivity index (χ0n) is 10.5. The maximum Gasteiger partial charge on any atom is 0.0638 e. The Labute approximate surface area is 97.6 Å². The van der Waals surface area contributed by atoms with Crippen molar-refractivity contribution in [3.63, 3.8) is 0 Å². The van der Waals surface area contributed by atoms with Crippen LogP contribution in [0.25, 0.3) is 0 Å². The Bertz CT molecular complexity index is 337. The van der Waals surface area contributed by atoms with E-state index in [4.69, 9.17) is 0 Å². The van der Waals surface area contributed by atoms with Gasteiger partial charge < -0.3 is 5.32 Å². The molecular formula is C12H22N4. The van der Waals surface area contributed by atoms with Gasteiger partial charge in [0.1, 0.15) is 0 Å². The average molecular weight is 222 g/mol. The van der Waals surface area contributed by atoms with Crippen LogP contribution in [0, 0.1) is 6.92 Å². The summed E-state index contributed by atoms with van der Waals surface area (Å²) in [6.07, 6.45) is 2.20. The minimum absolute atomic E-state index is 0.454. The van der Waals surface area contributed by atoms with E-state index in [2.05, 4.69) is 47.0 Å². The Kier molecular flexibility index (Phi) is 3.61. The fourth-order valence-electron chi connectivity index (χ4n) is 2.05. The molecule has 0 aromatic carbocycles. The van der Waals surface area contributed by atoms with Crippen molar-refractivity contribution in [3.05, 3.63) is 17.5 Å². The van der Waals surface area contributed by atoms with Crippen molar-refractivity contribution in [2.75, 3.05) is 26.2 Å². The van der Waals surface area contributed by atoms with Crippen molar-refractivity contribution in [3.8, 4) is 0 Å². The smallest absolute Gasteiger partial charge is 0.0638 e. The number of nitrogens with zero attached hydrogens (tertiary/aromatic N) is 3. The quantitative estimate of drug-likeness (QED) is 0.833. The minimum Gasteiger partial charge on any atom is -0.314 e. The van der Waals surface area contributed by atoms with Gasteiger partial charge in [0.05, 0.1) is 5.69 Å². The number of aromatic nitrogens is 2. The summed E-state index contributed by atoms with van der Waals surface area (Å²) >= 11 is 0. The number of hydrogen-bond acceptors (Lipinski definition) is 3. The summed E-state index contributed by atoms with van der Waals surface area (Å²) in [4.78, 5) is 2.49. The van der Waals surface area contributed by atoms with E-state index in [0.717, 1.165) is 32.7 Å². The van der Waals surface area contributed by atoms with E-state index in [0.29, 0.717) is 6.04 Å². The molecule has 16 heavy (non-hydrogen) atoms. The predicted molar refractivity (Wildman–Crippen MR) is 65.5 cm³/mol. The van der Waals surface area contributed by atoms with Crippen molar-refractivity contribution in [2.45, 2.75) is 33.4 Å². The first-order valence-corrected chi connectivity index (χ1v) is 6.14. The number of piperazine rings is 1. The van der Waals surface area contributed by atoms with Crippen LogP contribution in [0.2, 0.25) is 0 Å². The highest BCUT2D eigenvalue weighted by molar-refractivity contribution is 5.15. The summed E-state index contributed by atoms with van der Waals surface area (Å²) in [6, 6.07) is 0.454. The third kappa shape index (κ3) is 2.62. The summed E-state index contributed by atoms with van der Waals surface area (Å²) in [5, 5.41) is 7.93. The minimum atomic E-state index is 0.454. The van der Waals surface area contributed by atoms with Crippen LogP contribution in [0.15, 0.2) is 6.20 Å². The lowest BCUT2D eigenvalue weighted by Gasteiger charge is -2.26. The fourth-order valence-corrected chi connectivity index (χ4v) is 2.05. The van der Waals surface area contributed by atoms with Gasteiger partial charge in [0.2, 0.25) is 0 Å². The van der Waals surface area contributed by atoms with Crippen LogP contribution in [0.5, 0.6) is 0 Å². The zero-order chi connectivity index (χ0) is 11.5. The van der Waals surface area contributed by atoms with E-state index in [1.807, 2.05) is 0 Å². The largest absolute Gasteiger partial charge is 0.314 e. The van der Waals surface area contributed by atoms with Crippen LogP contribution in [0.4, 0.5) is 0 Å². The van der Waals surface area contributed by atoms with Crippen molar-refractivity contribution in [1.82, 2.24) is 20.0 Å². The first-order valence-electron chi connectivity index (χ1n) is 6.14. The summed E-state index contributed by atoms with van der Waals surface area (Å²) in [5.74, 6) is 0. The lowest BCUT2D eigenvalue weighted by molar-refractivity contribution is 0.232. The van der Waals surface area contributed by atoms with Crippen molar-refractivity contribution in [1.29, 1.82) is 0 Å². The van der Waals surface area contributed by atoms with Gasteiger partial charge in [-0.05, 0) is 20.8 Å². The lowest BCUT2D eigenvalue weighted by atomic mass is 10.2. The van der Waals surface area contributed by atoms with Gasteiger partial charge >= 0.3 is 0 Å². The molecule has 4 heteroatoms. The first-order chi connectivity index (χ1) is 7.66. The molecule has 1 aliphatic heterocycles. The van der Waals surface area contributed by atoms with Gasteiger partial charge in [0.15, 0.2) is 0 Å². The van der Waals surface area contributed by atoms with Crippen LogP contribution in [-0.4, -0.2) is 40.9 Å². The number of rotatable bonds is 3. The molecule has 4 nitrogen and oxygen atoms in total. The molecule has 1 aromatic heterocycles. The highest BCUT2D eigenvalue weighted by atomic mass is 15.3. The summed E-state index contributed by atoms with van der Waals surface area (Å²) in [7, 11) is 0. The highest BCUT2D eigenvalue weighted by Gasteiger charge is 2.13. The second-order valence-electron chi connectivity index (χ2n) is 4.84. The molecule has 0 aliphatic carbocycles. The molecule has 0 unspecified atom stereocenters. The fraction of sp³-hybridized carbons (Fsp3) is 0.750. The second kappa shape index (κ2) is 4.97. The monoisotopic (exact) mass is 222 g/mol. The highest BCUT2D eigenvalue weighted by Crippen LogP contribution is 2.13. The summed E-state index contributed by atoms with van der Waals surface area (Å²) < 4.78 is 2.06. The molecule has 0 bridgehead atoms. The molecule has 0 radical (unpaired) electrons. The number of hydrogen-bond donors (Lipinski definition) is 1. The normalized spacial score (nSPS) is 18.2. The van der Waals surface area contributed by atoms with E-state index >= 15 is 0 Å². The maximum absolute atomic E-state index is 4.55. The van der Waals surface area contributed by atoms with Gasteiger partial charge in [-0.2, -0.15) is 5.10 Å². The van der Waals surface area contributed by atoms with Crippen LogP contribution in [-0.2, 0) is 6.54 Å². The van der Waals surface area contributed by atoms with Gasteiger partial charge in [-0.15, -0.1) is 0 Å². The Balaban J connectivity index is 2.02. The molecule has 0 spiro atoms. The molecule has 0 saturated carbocycles. The van der Waals surface area contributed by atoms with Gasteiger partial charge in [-0.3, -0.25) is 9.58 Å². The van der Waals surface area contributed by atoms with Gasteiger partial charge in [-0.1, -0.05) is 0 Å². The third-order valence-corrected chi connectivity index (χ3v) is 3.15. The molecule has 1 N–H and O–H groups in total. The Morgan fingerprint density at radius 2 is 2.06 bits per heavy atom. The molecule has 90 valence electrons. The molecule has 0 amide bonds. The van der Waals surface area contributed by atoms with E-state index in [-0.39, 0.29) is 0 Å². The zero-order valence-corrected chi connectivity index (χ0v) is 10.5. The third-order valence-electron chi connectivity index (χ3n) is 3.15. The number of nitrogens with one attached hydrogen (secondary N) is 1. The lowest BCUT2D eigenvalue weighted by Crippen LogP contribution is -2.42. The van der Waals surface area contributed by atoms with Crippen LogP contribution < -0.4 is 5.32 Å². The van der Waals surface area contributed by atoms with Crippen LogP contribution in [0.1, 0.15) is 31.1 Å². The molecule has 0 atom stereocenters. The predicted octanol–water partition coefficient (Wildman–Crippen LogP) is 1.18. The molecular weight excluding hydrogens is 200 g/mol. The van der Waals surface area contributed by atoms with E-state index < -0.39 is 0 Å². The van der Waals surface area contributed by atoms with Gasteiger partial charge in [0.25, 0.3) is 0 Å². The van der Waals surface area contributed by atoms with Gasteiger partial charge in [-0.25, -0.2) is 0 Å².